The summed E-state index contributed by atoms with van der Waals surface area (Å²) in [5.41, 5.74) is 1.87. The van der Waals surface area contributed by atoms with Crippen LogP contribution in [0.5, 0.6) is 5.75 Å². The van der Waals surface area contributed by atoms with Crippen LogP contribution in [0.2, 0.25) is 0 Å². The molecule has 0 spiro atoms. The van der Waals surface area contributed by atoms with E-state index in [-0.39, 0.29) is 6.04 Å². The second-order valence-electron chi connectivity index (χ2n) is 7.42. The molecule has 0 radical (unpaired) electrons. The molecule has 134 valence electrons. The van der Waals surface area contributed by atoms with Crippen LogP contribution in [0.4, 0.5) is 0 Å². The Bertz CT molecular complexity index is 766. The highest BCUT2D eigenvalue weighted by Gasteiger charge is 2.44. The zero-order valence-corrected chi connectivity index (χ0v) is 16.3. The van der Waals surface area contributed by atoms with E-state index in [0.717, 1.165) is 41.7 Å². The fourth-order valence-corrected chi connectivity index (χ4v) is 5.30. The van der Waals surface area contributed by atoms with Gasteiger partial charge in [0.15, 0.2) is 0 Å². The van der Waals surface area contributed by atoms with Gasteiger partial charge >= 0.3 is 0 Å². The van der Waals surface area contributed by atoms with E-state index in [0.29, 0.717) is 16.7 Å². The number of rotatable bonds is 4. The number of benzene rings is 1. The first-order valence-electron chi connectivity index (χ1n) is 9.07. The molecule has 0 amide bonds. The van der Waals surface area contributed by atoms with Gasteiger partial charge in [-0.3, -0.25) is 9.88 Å². The van der Waals surface area contributed by atoms with Gasteiger partial charge in [0.25, 0.3) is 0 Å². The fourth-order valence-electron chi connectivity index (χ4n) is 4.70. The summed E-state index contributed by atoms with van der Waals surface area (Å²) in [6.07, 6.45) is 3.62. The lowest BCUT2D eigenvalue weighted by atomic mass is 9.72. The minimum atomic E-state index is -0.494. The van der Waals surface area contributed by atoms with Gasteiger partial charge in [0, 0.05) is 29.0 Å². The van der Waals surface area contributed by atoms with Gasteiger partial charge in [-0.05, 0) is 61.1 Å². The molecule has 2 aromatic rings. The second kappa shape index (κ2) is 6.86. The molecule has 2 bridgehead atoms. The monoisotopic (exact) mass is 404 g/mol. The van der Waals surface area contributed by atoms with E-state index in [4.69, 9.17) is 4.74 Å². The van der Waals surface area contributed by atoms with Gasteiger partial charge in [-0.1, -0.05) is 22.9 Å². The summed E-state index contributed by atoms with van der Waals surface area (Å²) in [5.74, 6) is 2.18. The lowest BCUT2D eigenvalue weighted by molar-refractivity contribution is -0.0544. The van der Waals surface area contributed by atoms with Crippen LogP contribution in [-0.2, 0) is 0 Å². The third-order valence-corrected chi connectivity index (χ3v) is 6.79. The zero-order valence-electron chi connectivity index (χ0n) is 14.7. The highest BCUT2D eigenvalue weighted by Crippen LogP contribution is 2.44. The van der Waals surface area contributed by atoms with E-state index in [2.05, 4.69) is 32.7 Å². The molecule has 6 atom stereocenters. The Hall–Kier alpha value is -1.17. The SMILES string of the molecule is COc1ccc2nccc([C@@H](O)[C@@H]3C[C@@H]4CCN3C[C@@H]4[C@@H](C)Br)c2c1. The van der Waals surface area contributed by atoms with E-state index < -0.39 is 6.10 Å². The molecule has 3 fully saturated rings. The highest BCUT2D eigenvalue weighted by molar-refractivity contribution is 9.09. The van der Waals surface area contributed by atoms with Crippen molar-refractivity contribution in [2.45, 2.75) is 36.7 Å². The number of pyridine rings is 1. The molecule has 4 heterocycles. The van der Waals surface area contributed by atoms with Crippen LogP contribution in [0.1, 0.15) is 31.4 Å². The molecule has 3 aliphatic rings. The van der Waals surface area contributed by atoms with Crippen molar-refractivity contribution < 1.29 is 9.84 Å². The summed E-state index contributed by atoms with van der Waals surface area (Å²) in [6.45, 7) is 4.42. The summed E-state index contributed by atoms with van der Waals surface area (Å²) in [5, 5.41) is 12.2. The van der Waals surface area contributed by atoms with E-state index in [9.17, 15) is 5.11 Å². The minimum Gasteiger partial charge on any atom is -0.497 e. The predicted octanol–water partition coefficient (Wildman–Crippen LogP) is 3.77. The highest BCUT2D eigenvalue weighted by atomic mass is 79.9. The topological polar surface area (TPSA) is 45.6 Å². The summed E-state index contributed by atoms with van der Waals surface area (Å²) in [6, 6.07) is 8.01. The Morgan fingerprint density at radius 1 is 1.36 bits per heavy atom. The molecule has 3 saturated heterocycles. The smallest absolute Gasteiger partial charge is 0.119 e. The quantitative estimate of drug-likeness (QED) is 0.787. The van der Waals surface area contributed by atoms with E-state index in [1.165, 1.54) is 6.42 Å². The van der Waals surface area contributed by atoms with E-state index in [1.54, 1.807) is 13.3 Å². The van der Waals surface area contributed by atoms with Crippen LogP contribution in [0.3, 0.4) is 0 Å². The maximum atomic E-state index is 11.2. The van der Waals surface area contributed by atoms with Gasteiger partial charge in [0.05, 0.1) is 18.7 Å². The van der Waals surface area contributed by atoms with Crippen LogP contribution < -0.4 is 4.74 Å². The Kier molecular flexibility index (Phi) is 4.73. The third-order valence-electron chi connectivity index (χ3n) is 6.11. The molecule has 25 heavy (non-hydrogen) atoms. The molecule has 0 aliphatic carbocycles. The van der Waals surface area contributed by atoms with Crippen LogP contribution in [0, 0.1) is 11.8 Å². The second-order valence-corrected chi connectivity index (χ2v) is 8.86. The lowest BCUT2D eigenvalue weighted by Crippen LogP contribution is -2.56. The number of halogens is 1. The van der Waals surface area contributed by atoms with Crippen LogP contribution in [-0.4, -0.2) is 46.1 Å². The number of aromatic nitrogens is 1. The number of methoxy groups -OCH3 is 1. The molecule has 1 N–H and O–H groups in total. The van der Waals surface area contributed by atoms with Crippen molar-refractivity contribution >= 4 is 26.8 Å². The first-order valence-corrected chi connectivity index (χ1v) is 9.99. The van der Waals surface area contributed by atoms with Gasteiger partial charge in [-0.2, -0.15) is 0 Å². The van der Waals surface area contributed by atoms with Crippen LogP contribution >= 0.6 is 15.9 Å². The first-order chi connectivity index (χ1) is 12.1. The molecule has 5 heteroatoms. The largest absolute Gasteiger partial charge is 0.497 e. The third kappa shape index (κ3) is 3.07. The Morgan fingerprint density at radius 2 is 2.20 bits per heavy atom. The van der Waals surface area contributed by atoms with Crippen molar-refractivity contribution in [2.75, 3.05) is 20.2 Å². The number of ether oxygens (including phenoxy) is 1. The van der Waals surface area contributed by atoms with Crippen molar-refractivity contribution in [3.8, 4) is 5.75 Å². The number of alkyl halides is 1. The van der Waals surface area contributed by atoms with Crippen molar-refractivity contribution in [2.24, 2.45) is 11.8 Å². The summed E-state index contributed by atoms with van der Waals surface area (Å²) in [7, 11) is 1.67. The number of piperidine rings is 3. The van der Waals surface area contributed by atoms with E-state index >= 15 is 0 Å². The zero-order chi connectivity index (χ0) is 17.6. The number of nitrogens with zero attached hydrogens (tertiary/aromatic N) is 2. The number of fused-ring (bicyclic) bond motifs is 4. The van der Waals surface area contributed by atoms with Gasteiger partial charge in [0.2, 0.25) is 0 Å². The van der Waals surface area contributed by atoms with Gasteiger partial charge in [-0.15, -0.1) is 0 Å². The molecule has 3 aliphatic heterocycles. The van der Waals surface area contributed by atoms with Crippen LogP contribution in [0.15, 0.2) is 30.5 Å². The first kappa shape index (κ1) is 17.3. The number of aliphatic hydroxyl groups is 1. The van der Waals surface area contributed by atoms with Gasteiger partial charge in [0.1, 0.15) is 5.75 Å². The molecule has 4 nitrogen and oxygen atoms in total. The molecule has 1 unspecified atom stereocenters. The molecule has 0 saturated carbocycles. The molecule has 1 aromatic heterocycles. The Balaban J connectivity index is 1.66. The maximum absolute atomic E-state index is 11.2. The molecule has 5 rings (SSSR count). The van der Waals surface area contributed by atoms with Crippen molar-refractivity contribution in [1.29, 1.82) is 0 Å². The van der Waals surface area contributed by atoms with Crippen molar-refractivity contribution in [3.05, 3.63) is 36.0 Å². The fraction of sp³-hybridized carbons (Fsp3) is 0.550. The normalized spacial score (nSPS) is 31.0. The average molecular weight is 405 g/mol. The lowest BCUT2D eigenvalue weighted by Gasteiger charge is -2.52. The van der Waals surface area contributed by atoms with Crippen molar-refractivity contribution in [3.63, 3.8) is 0 Å². The maximum Gasteiger partial charge on any atom is 0.119 e. The number of hydrogen-bond acceptors (Lipinski definition) is 4. The number of aliphatic hydroxyl groups excluding tert-OH is 1. The molecular formula is C20H25BrN2O2. The summed E-state index contributed by atoms with van der Waals surface area (Å²) in [4.78, 5) is 7.46. The van der Waals surface area contributed by atoms with Crippen LogP contribution in [0.25, 0.3) is 10.9 Å². The Labute approximate surface area is 157 Å². The summed E-state index contributed by atoms with van der Waals surface area (Å²) >= 11 is 3.78. The van der Waals surface area contributed by atoms with Crippen molar-refractivity contribution in [1.82, 2.24) is 9.88 Å². The number of hydrogen-bond donors (Lipinski definition) is 1. The molecule has 1 aromatic carbocycles. The van der Waals surface area contributed by atoms with Gasteiger partial charge < -0.3 is 9.84 Å². The van der Waals surface area contributed by atoms with Gasteiger partial charge in [-0.25, -0.2) is 0 Å². The van der Waals surface area contributed by atoms with E-state index in [1.807, 2.05) is 24.3 Å². The molecular weight excluding hydrogens is 380 g/mol. The Morgan fingerprint density at radius 3 is 2.88 bits per heavy atom. The minimum absolute atomic E-state index is 0.193. The average Bonchev–Trinajstić information content (AvgIpc) is 2.66. The predicted molar refractivity (Wildman–Crippen MR) is 103 cm³/mol. The summed E-state index contributed by atoms with van der Waals surface area (Å²) < 4.78 is 5.37. The standard InChI is InChI=1S/C20H25BrN2O2/c1-12(21)17-11-23-8-6-13(17)9-19(23)20(24)15-5-7-22-18-4-3-14(25-2)10-16(15)18/h3-5,7,10,12-13,17,19-20,24H,6,8-9,11H2,1-2H3/t12-,13+,17-,19+,20-/m1/s1.